The molecule has 1 aliphatic heterocycles. The van der Waals surface area contributed by atoms with E-state index in [1.54, 1.807) is 19.1 Å². The van der Waals surface area contributed by atoms with Crippen LogP contribution in [0.1, 0.15) is 23.6 Å². The van der Waals surface area contributed by atoms with Crippen molar-refractivity contribution in [3.8, 4) is 12.1 Å². The molecule has 1 aromatic rings. The maximum atomic E-state index is 9.02. The van der Waals surface area contributed by atoms with Crippen LogP contribution in [0.2, 0.25) is 5.02 Å². The zero-order valence-electron chi connectivity index (χ0n) is 12.0. The van der Waals surface area contributed by atoms with E-state index in [1.807, 2.05) is 38.1 Å². The first-order valence-electron chi connectivity index (χ1n) is 6.35. The molecule has 0 N–H and O–H groups in total. The monoisotopic (exact) mass is 296 g/mol. The molecule has 21 heavy (non-hydrogen) atoms. The Morgan fingerprint density at radius 2 is 1.62 bits per heavy atom. The van der Waals surface area contributed by atoms with Gasteiger partial charge in [0.15, 0.2) is 0 Å². The summed E-state index contributed by atoms with van der Waals surface area (Å²) in [6.45, 7) is 5.69. The average Bonchev–Trinajstić information content (AvgIpc) is 2.38. The van der Waals surface area contributed by atoms with E-state index in [2.05, 4.69) is 0 Å². The van der Waals surface area contributed by atoms with Crippen molar-refractivity contribution in [3.05, 3.63) is 62.9 Å². The highest BCUT2D eigenvalue weighted by Crippen LogP contribution is 2.33. The fraction of sp³-hybridized carbons (Fsp3) is 0.176. The molecule has 0 aliphatic carbocycles. The highest BCUT2D eigenvalue weighted by Gasteiger charge is 2.17. The van der Waals surface area contributed by atoms with E-state index in [9.17, 15) is 0 Å². The minimum atomic E-state index is 0.0689. The van der Waals surface area contributed by atoms with Gasteiger partial charge in [0.25, 0.3) is 0 Å². The van der Waals surface area contributed by atoms with Crippen LogP contribution in [0.3, 0.4) is 0 Å². The van der Waals surface area contributed by atoms with Crippen LogP contribution in [0.5, 0.6) is 0 Å². The molecule has 0 saturated heterocycles. The van der Waals surface area contributed by atoms with Gasteiger partial charge in [0, 0.05) is 16.2 Å². The number of hydrogen-bond acceptors (Lipinski definition) is 3. The Morgan fingerprint density at radius 3 is 2.14 bits per heavy atom. The summed E-state index contributed by atoms with van der Waals surface area (Å²) in [6, 6.07) is 7.53. The molecule has 0 saturated carbocycles. The first-order chi connectivity index (χ1) is 9.96. The first-order valence-corrected chi connectivity index (χ1v) is 6.73. The summed E-state index contributed by atoms with van der Waals surface area (Å²) >= 11 is 6.05. The standard InChI is InChI=1S/C17H13ClN2O/c1-10-4-15(18)5-11(2)17(10)16-7-13(6-12(3)21-16)14(8-19)9-20/h4-7H,1-3H3. The molecule has 104 valence electrons. The molecule has 0 radical (unpaired) electrons. The highest BCUT2D eigenvalue weighted by atomic mass is 35.5. The first kappa shape index (κ1) is 14.9. The maximum Gasteiger partial charge on any atom is 0.137 e. The largest absolute Gasteiger partial charge is 0.461 e. The van der Waals surface area contributed by atoms with E-state index < -0.39 is 0 Å². The van der Waals surface area contributed by atoms with E-state index >= 15 is 0 Å². The topological polar surface area (TPSA) is 56.8 Å². The van der Waals surface area contributed by atoms with E-state index in [-0.39, 0.29) is 5.57 Å². The summed E-state index contributed by atoms with van der Waals surface area (Å²) in [5, 5.41) is 18.7. The number of halogens is 1. The molecule has 0 aromatic heterocycles. The van der Waals surface area contributed by atoms with Crippen molar-refractivity contribution in [1.29, 1.82) is 10.5 Å². The predicted molar refractivity (Wildman–Crippen MR) is 82.0 cm³/mol. The van der Waals surface area contributed by atoms with E-state index in [0.717, 1.165) is 16.7 Å². The van der Waals surface area contributed by atoms with Crippen LogP contribution in [-0.2, 0) is 4.74 Å². The molecule has 0 amide bonds. The summed E-state index contributed by atoms with van der Waals surface area (Å²) in [4.78, 5) is 0. The number of aryl methyl sites for hydroxylation is 2. The second kappa shape index (κ2) is 5.87. The molecular weight excluding hydrogens is 284 g/mol. The Balaban J connectivity index is 2.64. The third-order valence-corrected chi connectivity index (χ3v) is 3.39. The van der Waals surface area contributed by atoms with Crippen LogP contribution in [0.15, 0.2) is 41.2 Å². The lowest BCUT2D eigenvalue weighted by Crippen LogP contribution is -2.02. The normalized spacial score (nSPS) is 13.5. The van der Waals surface area contributed by atoms with Crippen LogP contribution >= 0.6 is 11.6 Å². The smallest absolute Gasteiger partial charge is 0.137 e. The van der Waals surface area contributed by atoms with Crippen molar-refractivity contribution in [2.75, 3.05) is 0 Å². The van der Waals surface area contributed by atoms with Crippen molar-refractivity contribution in [2.24, 2.45) is 0 Å². The summed E-state index contributed by atoms with van der Waals surface area (Å²) in [7, 11) is 0. The Bertz CT molecular complexity index is 747. The number of rotatable bonds is 1. The van der Waals surface area contributed by atoms with Gasteiger partial charge in [-0.05, 0) is 56.2 Å². The van der Waals surface area contributed by atoms with Crippen molar-refractivity contribution >= 4 is 17.4 Å². The minimum Gasteiger partial charge on any atom is -0.461 e. The molecule has 2 rings (SSSR count). The van der Waals surface area contributed by atoms with Crippen LogP contribution in [0, 0.1) is 36.5 Å². The van der Waals surface area contributed by atoms with Crippen LogP contribution in [0.4, 0.5) is 0 Å². The van der Waals surface area contributed by atoms with E-state index in [1.165, 1.54) is 0 Å². The van der Waals surface area contributed by atoms with Gasteiger partial charge in [0.2, 0.25) is 0 Å². The summed E-state index contributed by atoms with van der Waals surface area (Å²) in [6.07, 6.45) is 3.41. The lowest BCUT2D eigenvalue weighted by Gasteiger charge is -2.19. The molecule has 0 atom stereocenters. The fourth-order valence-corrected chi connectivity index (χ4v) is 2.68. The number of nitriles is 2. The van der Waals surface area contributed by atoms with Crippen molar-refractivity contribution in [3.63, 3.8) is 0 Å². The fourth-order valence-electron chi connectivity index (χ4n) is 2.36. The van der Waals surface area contributed by atoms with Crippen LogP contribution < -0.4 is 0 Å². The van der Waals surface area contributed by atoms with Gasteiger partial charge in [0.1, 0.15) is 29.2 Å². The number of nitrogens with zero attached hydrogens (tertiary/aromatic N) is 2. The number of hydrogen-bond donors (Lipinski definition) is 0. The second-order valence-electron chi connectivity index (χ2n) is 4.83. The lowest BCUT2D eigenvalue weighted by atomic mass is 9.97. The van der Waals surface area contributed by atoms with Gasteiger partial charge in [-0.15, -0.1) is 0 Å². The van der Waals surface area contributed by atoms with Gasteiger partial charge in [-0.1, -0.05) is 11.6 Å². The Labute approximate surface area is 129 Å². The molecule has 0 spiro atoms. The predicted octanol–water partition coefficient (Wildman–Crippen LogP) is 4.58. The second-order valence-corrected chi connectivity index (χ2v) is 5.27. The van der Waals surface area contributed by atoms with E-state index in [4.69, 9.17) is 26.9 Å². The maximum absolute atomic E-state index is 9.02. The molecule has 1 aromatic carbocycles. The Kier molecular flexibility index (Phi) is 4.17. The van der Waals surface area contributed by atoms with Crippen LogP contribution in [-0.4, -0.2) is 0 Å². The van der Waals surface area contributed by atoms with E-state index in [0.29, 0.717) is 22.1 Å². The molecule has 3 nitrogen and oxygen atoms in total. The third-order valence-electron chi connectivity index (χ3n) is 3.17. The van der Waals surface area contributed by atoms with Gasteiger partial charge < -0.3 is 4.74 Å². The van der Waals surface area contributed by atoms with Gasteiger partial charge >= 0.3 is 0 Å². The van der Waals surface area contributed by atoms with Gasteiger partial charge in [0.05, 0.1) is 0 Å². The minimum absolute atomic E-state index is 0.0689. The molecule has 1 aliphatic rings. The van der Waals surface area contributed by atoms with Gasteiger partial charge in [-0.25, -0.2) is 0 Å². The molecule has 1 heterocycles. The molecule has 0 fully saturated rings. The Hall–Kier alpha value is -2.49. The molecule has 4 heteroatoms. The summed E-state index contributed by atoms with van der Waals surface area (Å²) in [5.41, 5.74) is 3.53. The highest BCUT2D eigenvalue weighted by molar-refractivity contribution is 6.30. The van der Waals surface area contributed by atoms with Crippen LogP contribution in [0.25, 0.3) is 5.76 Å². The van der Waals surface area contributed by atoms with Crippen molar-refractivity contribution in [1.82, 2.24) is 0 Å². The zero-order valence-corrected chi connectivity index (χ0v) is 12.7. The molecule has 0 bridgehead atoms. The third kappa shape index (κ3) is 2.99. The number of benzene rings is 1. The SMILES string of the molecule is CC1=CC(=C(C#N)C#N)C=C(c2c(C)cc(Cl)cc2C)O1. The molecule has 0 unspecified atom stereocenters. The lowest BCUT2D eigenvalue weighted by molar-refractivity contribution is 0.379. The Morgan fingerprint density at radius 1 is 1.05 bits per heavy atom. The molecular formula is C17H13ClN2O. The quantitative estimate of drug-likeness (QED) is 0.713. The average molecular weight is 297 g/mol. The van der Waals surface area contributed by atoms with Gasteiger partial charge in [-0.2, -0.15) is 10.5 Å². The van der Waals surface area contributed by atoms with Gasteiger partial charge in [-0.3, -0.25) is 0 Å². The van der Waals surface area contributed by atoms with Crippen molar-refractivity contribution in [2.45, 2.75) is 20.8 Å². The summed E-state index contributed by atoms with van der Waals surface area (Å²) in [5.74, 6) is 1.26. The summed E-state index contributed by atoms with van der Waals surface area (Å²) < 4.78 is 5.77. The zero-order chi connectivity index (χ0) is 15.6. The van der Waals surface area contributed by atoms with Crippen molar-refractivity contribution < 1.29 is 4.74 Å². The number of allylic oxidation sites excluding steroid dienone is 5. The number of ether oxygens (including phenoxy) is 1.